The average molecular weight is 301 g/mol. The van der Waals surface area contributed by atoms with Gasteiger partial charge in [-0.05, 0) is 18.1 Å². The summed E-state index contributed by atoms with van der Waals surface area (Å²) in [6.07, 6.45) is -1.35. The molecule has 4 N–H and O–H groups in total. The fourth-order valence-electron chi connectivity index (χ4n) is 1.74. The van der Waals surface area contributed by atoms with E-state index >= 15 is 0 Å². The molecule has 0 saturated heterocycles. The summed E-state index contributed by atoms with van der Waals surface area (Å²) < 4.78 is 9.63. The molecule has 0 bridgehead atoms. The molecule has 20 heavy (non-hydrogen) atoms. The molecule has 6 nitrogen and oxygen atoms in total. The maximum Gasteiger partial charge on any atom is 0.404 e. The molecule has 0 fully saturated rings. The highest BCUT2D eigenvalue weighted by atomic mass is 35.5. The summed E-state index contributed by atoms with van der Waals surface area (Å²) in [5, 5.41) is 0.580. The van der Waals surface area contributed by atoms with E-state index in [1.165, 1.54) is 0 Å². The number of nitrogens with two attached hydrogens (primary N) is 2. The lowest BCUT2D eigenvalue weighted by molar-refractivity contribution is 0.0424. The number of benzene rings is 1. The smallest absolute Gasteiger partial charge is 0.404 e. The van der Waals surface area contributed by atoms with Gasteiger partial charge in [0.25, 0.3) is 0 Å². The van der Waals surface area contributed by atoms with Crippen molar-refractivity contribution in [1.29, 1.82) is 0 Å². The van der Waals surface area contributed by atoms with Gasteiger partial charge in [-0.3, -0.25) is 0 Å². The van der Waals surface area contributed by atoms with Crippen molar-refractivity contribution in [3.05, 3.63) is 34.9 Å². The van der Waals surface area contributed by atoms with Crippen LogP contribution >= 0.6 is 11.6 Å². The normalized spacial score (nSPS) is 10.9. The van der Waals surface area contributed by atoms with Crippen molar-refractivity contribution in [1.82, 2.24) is 0 Å². The molecule has 1 aromatic rings. The first-order valence-corrected chi connectivity index (χ1v) is 6.28. The van der Waals surface area contributed by atoms with E-state index in [1.54, 1.807) is 13.0 Å². The third-order valence-corrected chi connectivity index (χ3v) is 3.07. The Morgan fingerprint density at radius 2 is 1.65 bits per heavy atom. The quantitative estimate of drug-likeness (QED) is 0.839. The number of carbonyl (C=O) groups is 2. The second-order valence-corrected chi connectivity index (χ2v) is 5.20. The summed E-state index contributed by atoms with van der Waals surface area (Å²) in [5.41, 5.74) is 10.1. The van der Waals surface area contributed by atoms with Crippen molar-refractivity contribution >= 4 is 23.8 Å². The summed E-state index contributed by atoms with van der Waals surface area (Å²) in [6, 6.07) is 7.24. The van der Waals surface area contributed by atoms with E-state index in [4.69, 9.17) is 32.5 Å². The predicted molar refractivity (Wildman–Crippen MR) is 74.3 cm³/mol. The van der Waals surface area contributed by atoms with E-state index < -0.39 is 17.6 Å². The van der Waals surface area contributed by atoms with Gasteiger partial charge in [0.1, 0.15) is 13.2 Å². The van der Waals surface area contributed by atoms with E-state index in [0.717, 1.165) is 5.56 Å². The topological polar surface area (TPSA) is 105 Å². The number of ether oxygens (including phenoxy) is 2. The van der Waals surface area contributed by atoms with Crippen LogP contribution in [0.3, 0.4) is 0 Å². The van der Waals surface area contributed by atoms with Gasteiger partial charge in [0, 0.05) is 10.4 Å². The third-order valence-electron chi connectivity index (χ3n) is 2.70. The Kier molecular flexibility index (Phi) is 5.64. The number of carbonyl (C=O) groups excluding carboxylic acids is 2. The summed E-state index contributed by atoms with van der Waals surface area (Å²) in [5.74, 6) is 0. The first-order valence-electron chi connectivity index (χ1n) is 5.90. The molecule has 0 radical (unpaired) electrons. The maximum atomic E-state index is 10.7. The van der Waals surface area contributed by atoms with Crippen LogP contribution in [0.15, 0.2) is 24.3 Å². The Labute approximate surface area is 122 Å². The summed E-state index contributed by atoms with van der Waals surface area (Å²) in [4.78, 5) is 21.5. The molecule has 0 heterocycles. The lowest BCUT2D eigenvalue weighted by Crippen LogP contribution is -2.35. The minimum Gasteiger partial charge on any atom is -0.449 e. The fourth-order valence-corrected chi connectivity index (χ4v) is 1.94. The van der Waals surface area contributed by atoms with Crippen LogP contribution in [0.25, 0.3) is 0 Å². The molecule has 1 aromatic carbocycles. The lowest BCUT2D eigenvalue weighted by Gasteiger charge is -2.28. The van der Waals surface area contributed by atoms with Gasteiger partial charge in [0.2, 0.25) is 0 Å². The monoisotopic (exact) mass is 300 g/mol. The van der Waals surface area contributed by atoms with Gasteiger partial charge in [-0.1, -0.05) is 36.7 Å². The molecule has 1 rings (SSSR count). The van der Waals surface area contributed by atoms with Crippen molar-refractivity contribution in [3.8, 4) is 0 Å². The van der Waals surface area contributed by atoms with Crippen LogP contribution < -0.4 is 11.5 Å². The molecule has 0 aliphatic rings. The Morgan fingerprint density at radius 3 is 2.10 bits per heavy atom. The molecule has 7 heteroatoms. The Bertz CT molecular complexity index is 475. The second kappa shape index (κ2) is 7.00. The largest absolute Gasteiger partial charge is 0.449 e. The molecule has 0 spiro atoms. The standard InChI is InChI=1S/C13H17ClN2O4/c1-13(7-19-11(15)17,8-20-12(16)18)6-9-4-2-3-5-10(9)14/h2-5H,6-8H2,1H3,(H2,15,17)(H2,16,18). The SMILES string of the molecule is CC(COC(N)=O)(COC(N)=O)Cc1ccccc1Cl. The molecule has 0 aliphatic carbocycles. The van der Waals surface area contributed by atoms with Crippen LogP contribution in [-0.4, -0.2) is 25.4 Å². The van der Waals surface area contributed by atoms with Gasteiger partial charge in [-0.25, -0.2) is 9.59 Å². The van der Waals surface area contributed by atoms with Crippen LogP contribution in [0.4, 0.5) is 9.59 Å². The Morgan fingerprint density at radius 1 is 1.15 bits per heavy atom. The van der Waals surface area contributed by atoms with Gasteiger partial charge in [0.15, 0.2) is 0 Å². The highest BCUT2D eigenvalue weighted by Gasteiger charge is 2.29. The van der Waals surface area contributed by atoms with Gasteiger partial charge in [0.05, 0.1) is 0 Å². The number of primary amides is 2. The first-order chi connectivity index (χ1) is 9.32. The zero-order valence-electron chi connectivity index (χ0n) is 11.1. The molecule has 0 saturated carbocycles. The van der Waals surface area contributed by atoms with Crippen LogP contribution in [-0.2, 0) is 15.9 Å². The van der Waals surface area contributed by atoms with Crippen molar-refractivity contribution in [2.24, 2.45) is 16.9 Å². The molecule has 0 aromatic heterocycles. The first kappa shape index (κ1) is 16.1. The number of amides is 2. The molecular formula is C13H17ClN2O4. The van der Waals surface area contributed by atoms with E-state index in [9.17, 15) is 9.59 Å². The number of hydrogen-bond acceptors (Lipinski definition) is 4. The third kappa shape index (κ3) is 5.36. The molecular weight excluding hydrogens is 284 g/mol. The average Bonchev–Trinajstić information content (AvgIpc) is 2.37. The minimum absolute atomic E-state index is 0.0131. The highest BCUT2D eigenvalue weighted by Crippen LogP contribution is 2.27. The van der Waals surface area contributed by atoms with E-state index in [0.29, 0.717) is 11.4 Å². The van der Waals surface area contributed by atoms with Gasteiger partial charge in [-0.2, -0.15) is 0 Å². The Hall–Kier alpha value is -1.95. The van der Waals surface area contributed by atoms with E-state index in [2.05, 4.69) is 0 Å². The van der Waals surface area contributed by atoms with Gasteiger partial charge < -0.3 is 20.9 Å². The lowest BCUT2D eigenvalue weighted by atomic mass is 9.85. The van der Waals surface area contributed by atoms with Crippen LogP contribution in [0.5, 0.6) is 0 Å². The van der Waals surface area contributed by atoms with E-state index in [1.807, 2.05) is 18.2 Å². The highest BCUT2D eigenvalue weighted by molar-refractivity contribution is 6.31. The minimum atomic E-state index is -0.894. The van der Waals surface area contributed by atoms with Crippen molar-refractivity contribution < 1.29 is 19.1 Å². The van der Waals surface area contributed by atoms with Crippen molar-refractivity contribution in [2.45, 2.75) is 13.3 Å². The summed E-state index contributed by atoms with van der Waals surface area (Å²) in [7, 11) is 0. The van der Waals surface area contributed by atoms with Crippen LogP contribution in [0.2, 0.25) is 5.02 Å². The number of halogens is 1. The fraction of sp³-hybridized carbons (Fsp3) is 0.385. The Balaban J connectivity index is 2.83. The van der Waals surface area contributed by atoms with Crippen LogP contribution in [0, 0.1) is 5.41 Å². The zero-order valence-corrected chi connectivity index (χ0v) is 11.9. The maximum absolute atomic E-state index is 10.7. The molecule has 0 atom stereocenters. The second-order valence-electron chi connectivity index (χ2n) is 4.79. The summed E-state index contributed by atoms with van der Waals surface area (Å²) in [6.45, 7) is 1.75. The van der Waals surface area contributed by atoms with Crippen LogP contribution in [0.1, 0.15) is 12.5 Å². The molecule has 0 unspecified atom stereocenters. The predicted octanol–water partition coefficient (Wildman–Crippen LogP) is 2.08. The number of hydrogen-bond donors (Lipinski definition) is 2. The summed E-state index contributed by atoms with van der Waals surface area (Å²) >= 11 is 6.09. The molecule has 2 amide bonds. The molecule has 110 valence electrons. The number of rotatable bonds is 6. The van der Waals surface area contributed by atoms with Gasteiger partial charge >= 0.3 is 12.2 Å². The van der Waals surface area contributed by atoms with E-state index in [-0.39, 0.29) is 13.2 Å². The van der Waals surface area contributed by atoms with Crippen molar-refractivity contribution in [2.75, 3.05) is 13.2 Å². The van der Waals surface area contributed by atoms with Gasteiger partial charge in [-0.15, -0.1) is 0 Å². The van der Waals surface area contributed by atoms with Crippen molar-refractivity contribution in [3.63, 3.8) is 0 Å². The zero-order chi connectivity index (χ0) is 15.2. The molecule has 0 aliphatic heterocycles.